The van der Waals surface area contributed by atoms with E-state index in [1.54, 1.807) is 12.1 Å². The molecule has 2 aromatic carbocycles. The number of carbonyl (C=O) groups is 2. The quantitative estimate of drug-likeness (QED) is 0.774. The van der Waals surface area contributed by atoms with Gasteiger partial charge in [0.1, 0.15) is 5.75 Å². The van der Waals surface area contributed by atoms with E-state index < -0.39 is 0 Å². The number of nitrogens with one attached hydrogen (secondary N) is 2. The first-order valence-electron chi connectivity index (χ1n) is 8.45. The van der Waals surface area contributed by atoms with Crippen LogP contribution in [0.5, 0.6) is 5.75 Å². The van der Waals surface area contributed by atoms with E-state index in [9.17, 15) is 9.59 Å². The van der Waals surface area contributed by atoms with Gasteiger partial charge in [0.25, 0.3) is 5.91 Å². The van der Waals surface area contributed by atoms with Gasteiger partial charge in [-0.2, -0.15) is 0 Å². The Labute approximate surface area is 147 Å². The molecule has 0 bridgehead atoms. The smallest absolute Gasteiger partial charge is 0.258 e. The molecule has 0 aliphatic heterocycles. The zero-order chi connectivity index (χ0) is 17.5. The standard InChI is InChI=1S/C20H22N2O3/c23-18(13-21-19(24)14-25-17-9-5-2-6-10-17)22-15-20(11-12-20)16-7-3-1-4-8-16/h1-10H,11-15H2,(H,21,24)(H,22,23). The molecule has 0 heterocycles. The fourth-order valence-electron chi connectivity index (χ4n) is 2.74. The molecule has 5 nitrogen and oxygen atoms in total. The maximum atomic E-state index is 12.0. The van der Waals surface area contributed by atoms with E-state index in [1.165, 1.54) is 5.56 Å². The van der Waals surface area contributed by atoms with E-state index >= 15 is 0 Å². The molecule has 130 valence electrons. The fourth-order valence-corrected chi connectivity index (χ4v) is 2.74. The van der Waals surface area contributed by atoms with Gasteiger partial charge in [-0.15, -0.1) is 0 Å². The molecule has 2 aromatic rings. The zero-order valence-corrected chi connectivity index (χ0v) is 14.0. The second kappa shape index (κ2) is 7.83. The summed E-state index contributed by atoms with van der Waals surface area (Å²) in [7, 11) is 0. The van der Waals surface area contributed by atoms with Crippen LogP contribution in [-0.4, -0.2) is 31.5 Å². The number of amides is 2. The van der Waals surface area contributed by atoms with Crippen molar-refractivity contribution in [2.45, 2.75) is 18.3 Å². The summed E-state index contributed by atoms with van der Waals surface area (Å²) in [6.07, 6.45) is 2.16. The van der Waals surface area contributed by atoms with E-state index in [-0.39, 0.29) is 30.4 Å². The SMILES string of the molecule is O=C(CNC(=O)COc1ccccc1)NCC1(c2ccccc2)CC1. The molecule has 2 N–H and O–H groups in total. The summed E-state index contributed by atoms with van der Waals surface area (Å²) >= 11 is 0. The number of para-hydroxylation sites is 1. The molecule has 1 aliphatic carbocycles. The van der Waals surface area contributed by atoms with Gasteiger partial charge in [-0.25, -0.2) is 0 Å². The Kier molecular flexibility index (Phi) is 5.33. The molecular formula is C20H22N2O3. The second-order valence-corrected chi connectivity index (χ2v) is 6.30. The van der Waals surface area contributed by atoms with Gasteiger partial charge >= 0.3 is 0 Å². The minimum atomic E-state index is -0.316. The first-order valence-corrected chi connectivity index (χ1v) is 8.45. The molecule has 0 aromatic heterocycles. The van der Waals surface area contributed by atoms with E-state index in [0.717, 1.165) is 12.8 Å². The van der Waals surface area contributed by atoms with E-state index in [0.29, 0.717) is 12.3 Å². The van der Waals surface area contributed by atoms with Crippen molar-refractivity contribution in [3.8, 4) is 5.75 Å². The maximum Gasteiger partial charge on any atom is 0.258 e. The third-order valence-electron chi connectivity index (χ3n) is 4.42. The largest absolute Gasteiger partial charge is 0.484 e. The van der Waals surface area contributed by atoms with Crippen LogP contribution < -0.4 is 15.4 Å². The lowest BCUT2D eigenvalue weighted by Crippen LogP contribution is -2.41. The Morgan fingerprint density at radius 2 is 1.52 bits per heavy atom. The molecule has 2 amide bonds. The molecule has 1 saturated carbocycles. The van der Waals surface area contributed by atoms with Crippen molar-refractivity contribution in [1.29, 1.82) is 0 Å². The molecule has 1 fully saturated rings. The molecule has 25 heavy (non-hydrogen) atoms. The number of benzene rings is 2. The summed E-state index contributed by atoms with van der Waals surface area (Å²) in [5, 5.41) is 5.49. The van der Waals surface area contributed by atoms with Crippen molar-refractivity contribution in [3.63, 3.8) is 0 Å². The van der Waals surface area contributed by atoms with Crippen LogP contribution in [0.3, 0.4) is 0 Å². The predicted molar refractivity (Wildman–Crippen MR) is 95.3 cm³/mol. The molecule has 1 aliphatic rings. The van der Waals surface area contributed by atoms with Crippen molar-refractivity contribution in [2.24, 2.45) is 0 Å². The van der Waals surface area contributed by atoms with Crippen LogP contribution in [-0.2, 0) is 15.0 Å². The van der Waals surface area contributed by atoms with Gasteiger partial charge < -0.3 is 15.4 Å². The van der Waals surface area contributed by atoms with Crippen LogP contribution in [0.15, 0.2) is 60.7 Å². The lowest BCUT2D eigenvalue weighted by atomic mass is 9.96. The van der Waals surface area contributed by atoms with Crippen molar-refractivity contribution in [2.75, 3.05) is 19.7 Å². The van der Waals surface area contributed by atoms with Crippen molar-refractivity contribution >= 4 is 11.8 Å². The van der Waals surface area contributed by atoms with Gasteiger partial charge in [-0.3, -0.25) is 9.59 Å². The number of rotatable bonds is 8. The molecule has 3 rings (SSSR count). The summed E-state index contributed by atoms with van der Waals surface area (Å²) in [5.41, 5.74) is 1.33. The molecular weight excluding hydrogens is 316 g/mol. The first kappa shape index (κ1) is 17.0. The summed E-state index contributed by atoms with van der Waals surface area (Å²) in [5.74, 6) is 0.124. The minimum Gasteiger partial charge on any atom is -0.484 e. The highest BCUT2D eigenvalue weighted by Crippen LogP contribution is 2.47. The van der Waals surface area contributed by atoms with Crippen LogP contribution in [0.1, 0.15) is 18.4 Å². The number of hydrogen-bond donors (Lipinski definition) is 2. The van der Waals surface area contributed by atoms with Gasteiger partial charge in [0.05, 0.1) is 6.54 Å². The first-order chi connectivity index (χ1) is 12.2. The lowest BCUT2D eigenvalue weighted by Gasteiger charge is -2.16. The second-order valence-electron chi connectivity index (χ2n) is 6.30. The summed E-state index contributed by atoms with van der Waals surface area (Å²) < 4.78 is 5.34. The Morgan fingerprint density at radius 1 is 0.880 bits per heavy atom. The average molecular weight is 338 g/mol. The lowest BCUT2D eigenvalue weighted by molar-refractivity contribution is -0.127. The molecule has 0 unspecified atom stereocenters. The van der Waals surface area contributed by atoms with Crippen LogP contribution in [0.25, 0.3) is 0 Å². The molecule has 0 radical (unpaired) electrons. The van der Waals surface area contributed by atoms with Gasteiger partial charge in [-0.1, -0.05) is 48.5 Å². The molecule has 0 atom stereocenters. The van der Waals surface area contributed by atoms with Crippen molar-refractivity contribution in [3.05, 3.63) is 66.2 Å². The third kappa shape index (κ3) is 4.83. The summed E-state index contributed by atoms with van der Waals surface area (Å²) in [6, 6.07) is 19.3. The molecule has 0 saturated heterocycles. The summed E-state index contributed by atoms with van der Waals surface area (Å²) in [4.78, 5) is 23.7. The van der Waals surface area contributed by atoms with Gasteiger partial charge in [0.2, 0.25) is 5.91 Å². The summed E-state index contributed by atoms with van der Waals surface area (Å²) in [6.45, 7) is 0.458. The van der Waals surface area contributed by atoms with Crippen LogP contribution in [0.4, 0.5) is 0 Å². The predicted octanol–water partition coefficient (Wildman–Crippen LogP) is 2.03. The fraction of sp³-hybridized carbons (Fsp3) is 0.300. The normalized spacial score (nSPS) is 14.4. The topological polar surface area (TPSA) is 67.4 Å². The van der Waals surface area contributed by atoms with E-state index in [2.05, 4.69) is 22.8 Å². The Bertz CT molecular complexity index is 712. The number of hydrogen-bond acceptors (Lipinski definition) is 3. The van der Waals surface area contributed by atoms with Crippen molar-refractivity contribution in [1.82, 2.24) is 10.6 Å². The monoisotopic (exact) mass is 338 g/mol. The highest BCUT2D eigenvalue weighted by molar-refractivity contribution is 5.85. The van der Waals surface area contributed by atoms with Gasteiger partial charge in [0.15, 0.2) is 6.61 Å². The Hall–Kier alpha value is -2.82. The highest BCUT2D eigenvalue weighted by atomic mass is 16.5. The molecule has 5 heteroatoms. The van der Waals surface area contributed by atoms with E-state index in [1.807, 2.05) is 36.4 Å². The van der Waals surface area contributed by atoms with Gasteiger partial charge in [0, 0.05) is 12.0 Å². The average Bonchev–Trinajstić information content (AvgIpc) is 3.46. The minimum absolute atomic E-state index is 0.0398. The highest BCUT2D eigenvalue weighted by Gasteiger charge is 2.44. The number of ether oxygens (including phenoxy) is 1. The van der Waals surface area contributed by atoms with Crippen LogP contribution in [0.2, 0.25) is 0 Å². The van der Waals surface area contributed by atoms with E-state index in [4.69, 9.17) is 4.74 Å². The number of carbonyl (C=O) groups excluding carboxylic acids is 2. The van der Waals surface area contributed by atoms with Crippen LogP contribution in [0, 0.1) is 0 Å². The Balaban J connectivity index is 1.36. The van der Waals surface area contributed by atoms with Gasteiger partial charge in [-0.05, 0) is 30.5 Å². The van der Waals surface area contributed by atoms with Crippen LogP contribution >= 0.6 is 0 Å². The molecule has 0 spiro atoms. The third-order valence-corrected chi connectivity index (χ3v) is 4.42. The Morgan fingerprint density at radius 3 is 2.16 bits per heavy atom. The van der Waals surface area contributed by atoms with Crippen molar-refractivity contribution < 1.29 is 14.3 Å². The zero-order valence-electron chi connectivity index (χ0n) is 14.0. The maximum absolute atomic E-state index is 12.0.